The van der Waals surface area contributed by atoms with E-state index in [9.17, 15) is 15.0 Å². The SMILES string of the molecule is COCC(=O)NCC1OC(CO)C(O)C1N1CCN(c2ccccc2OC)CC1. The van der Waals surface area contributed by atoms with Crippen molar-refractivity contribution in [2.75, 3.05) is 65.1 Å². The van der Waals surface area contributed by atoms with Gasteiger partial charge in [-0.3, -0.25) is 9.69 Å². The Morgan fingerprint density at radius 3 is 2.59 bits per heavy atom. The van der Waals surface area contributed by atoms with Crippen molar-refractivity contribution >= 4 is 11.6 Å². The van der Waals surface area contributed by atoms with Crippen LogP contribution in [0, 0.1) is 0 Å². The highest BCUT2D eigenvalue weighted by Crippen LogP contribution is 2.31. The van der Waals surface area contributed by atoms with Crippen LogP contribution in [-0.4, -0.2) is 106 Å². The van der Waals surface area contributed by atoms with Crippen molar-refractivity contribution in [3.05, 3.63) is 24.3 Å². The highest BCUT2D eigenvalue weighted by molar-refractivity contribution is 5.77. The maximum Gasteiger partial charge on any atom is 0.246 e. The Kier molecular flexibility index (Phi) is 7.68. The summed E-state index contributed by atoms with van der Waals surface area (Å²) < 4.78 is 16.1. The minimum atomic E-state index is -0.817. The molecular weight excluding hydrogens is 378 g/mol. The van der Waals surface area contributed by atoms with Crippen LogP contribution in [-0.2, 0) is 14.3 Å². The molecule has 4 unspecified atom stereocenters. The van der Waals surface area contributed by atoms with Gasteiger partial charge in [-0.2, -0.15) is 0 Å². The number of para-hydroxylation sites is 2. The molecule has 9 heteroatoms. The van der Waals surface area contributed by atoms with Crippen LogP contribution in [0.2, 0.25) is 0 Å². The van der Waals surface area contributed by atoms with Gasteiger partial charge in [-0.25, -0.2) is 0 Å². The summed E-state index contributed by atoms with van der Waals surface area (Å²) in [6.07, 6.45) is -1.88. The number of nitrogens with zero attached hydrogens (tertiary/aromatic N) is 2. The number of aliphatic hydroxyl groups excluding tert-OH is 2. The lowest BCUT2D eigenvalue weighted by Gasteiger charge is -2.41. The Balaban J connectivity index is 1.64. The highest BCUT2D eigenvalue weighted by atomic mass is 16.5. The number of piperazine rings is 1. The van der Waals surface area contributed by atoms with Gasteiger partial charge in [0, 0.05) is 39.8 Å². The fraction of sp³-hybridized carbons (Fsp3) is 0.650. The molecular formula is C20H31N3O6. The van der Waals surface area contributed by atoms with E-state index in [1.54, 1.807) is 7.11 Å². The van der Waals surface area contributed by atoms with Gasteiger partial charge in [0.1, 0.15) is 24.6 Å². The van der Waals surface area contributed by atoms with E-state index >= 15 is 0 Å². The van der Waals surface area contributed by atoms with Crippen LogP contribution in [0.5, 0.6) is 5.75 Å². The molecule has 2 aliphatic heterocycles. The lowest BCUT2D eigenvalue weighted by atomic mass is 10.0. The van der Waals surface area contributed by atoms with Gasteiger partial charge in [0.15, 0.2) is 0 Å². The fourth-order valence-corrected chi connectivity index (χ4v) is 4.14. The average molecular weight is 409 g/mol. The molecule has 162 valence electrons. The average Bonchev–Trinajstić information content (AvgIpc) is 3.08. The van der Waals surface area contributed by atoms with Crippen molar-refractivity contribution in [3.8, 4) is 5.75 Å². The third-order valence-electron chi connectivity index (χ3n) is 5.58. The van der Waals surface area contributed by atoms with Crippen molar-refractivity contribution in [1.82, 2.24) is 10.2 Å². The topological polar surface area (TPSA) is 104 Å². The number of carbonyl (C=O) groups is 1. The molecule has 2 saturated heterocycles. The Morgan fingerprint density at radius 2 is 1.93 bits per heavy atom. The van der Waals surface area contributed by atoms with Gasteiger partial charge in [0.2, 0.25) is 5.91 Å². The normalized spacial score (nSPS) is 27.8. The highest BCUT2D eigenvalue weighted by Gasteiger charge is 2.46. The van der Waals surface area contributed by atoms with Crippen LogP contribution < -0.4 is 15.0 Å². The molecule has 1 amide bonds. The van der Waals surface area contributed by atoms with Crippen LogP contribution in [0.25, 0.3) is 0 Å². The van der Waals surface area contributed by atoms with Crippen molar-refractivity contribution < 1.29 is 29.2 Å². The van der Waals surface area contributed by atoms with E-state index in [0.29, 0.717) is 0 Å². The second-order valence-corrected chi connectivity index (χ2v) is 7.31. The molecule has 1 aromatic rings. The fourth-order valence-electron chi connectivity index (χ4n) is 4.14. The van der Waals surface area contributed by atoms with Crippen LogP contribution >= 0.6 is 0 Å². The third kappa shape index (κ3) is 4.99. The molecule has 0 saturated carbocycles. The number of rotatable bonds is 8. The summed E-state index contributed by atoms with van der Waals surface area (Å²) in [6.45, 7) is 2.97. The van der Waals surface area contributed by atoms with E-state index in [-0.39, 0.29) is 31.7 Å². The Labute approximate surface area is 171 Å². The first-order valence-corrected chi connectivity index (χ1v) is 9.91. The van der Waals surface area contributed by atoms with Crippen LogP contribution in [0.3, 0.4) is 0 Å². The predicted molar refractivity (Wildman–Crippen MR) is 107 cm³/mol. The molecule has 1 aromatic carbocycles. The number of benzene rings is 1. The Bertz CT molecular complexity index is 667. The standard InChI is InChI=1S/C20H31N3O6/c1-27-13-18(25)21-11-16-19(20(26)17(12-24)29-16)23-9-7-22(8-10-23)14-5-3-4-6-15(14)28-2/h3-6,16-17,19-20,24,26H,7-13H2,1-2H3,(H,21,25). The minimum Gasteiger partial charge on any atom is -0.495 e. The second-order valence-electron chi connectivity index (χ2n) is 7.31. The number of anilines is 1. The summed E-state index contributed by atoms with van der Waals surface area (Å²) in [5.41, 5.74) is 1.05. The second kappa shape index (κ2) is 10.2. The van der Waals surface area contributed by atoms with Crippen LogP contribution in [0.4, 0.5) is 5.69 Å². The van der Waals surface area contributed by atoms with E-state index in [0.717, 1.165) is 37.6 Å². The molecule has 29 heavy (non-hydrogen) atoms. The largest absolute Gasteiger partial charge is 0.495 e. The summed E-state index contributed by atoms with van der Waals surface area (Å²) in [7, 11) is 3.13. The summed E-state index contributed by atoms with van der Waals surface area (Å²) >= 11 is 0. The first-order valence-electron chi connectivity index (χ1n) is 9.91. The van der Waals surface area contributed by atoms with E-state index in [4.69, 9.17) is 14.2 Å². The summed E-state index contributed by atoms with van der Waals surface area (Å²) in [4.78, 5) is 16.2. The number of nitrogens with one attached hydrogen (secondary N) is 1. The minimum absolute atomic E-state index is 0.0268. The summed E-state index contributed by atoms with van der Waals surface area (Å²) in [5, 5.41) is 23.0. The van der Waals surface area contributed by atoms with Gasteiger partial charge in [-0.1, -0.05) is 12.1 Å². The molecule has 9 nitrogen and oxygen atoms in total. The monoisotopic (exact) mass is 409 g/mol. The van der Waals surface area contributed by atoms with Crippen LogP contribution in [0.1, 0.15) is 0 Å². The van der Waals surface area contributed by atoms with Crippen LogP contribution in [0.15, 0.2) is 24.3 Å². The van der Waals surface area contributed by atoms with E-state index < -0.39 is 18.3 Å². The zero-order valence-corrected chi connectivity index (χ0v) is 17.0. The number of carbonyl (C=O) groups excluding carboxylic acids is 1. The van der Waals surface area contributed by atoms with Gasteiger partial charge < -0.3 is 34.6 Å². The third-order valence-corrected chi connectivity index (χ3v) is 5.58. The number of amides is 1. The molecule has 3 rings (SSSR count). The molecule has 2 fully saturated rings. The Morgan fingerprint density at radius 1 is 1.21 bits per heavy atom. The van der Waals surface area contributed by atoms with Gasteiger partial charge >= 0.3 is 0 Å². The number of methoxy groups -OCH3 is 2. The summed E-state index contributed by atoms with van der Waals surface area (Å²) in [6, 6.07) is 7.62. The molecule has 2 heterocycles. The van der Waals surface area contributed by atoms with E-state index in [1.807, 2.05) is 24.3 Å². The maximum atomic E-state index is 11.7. The zero-order valence-electron chi connectivity index (χ0n) is 17.0. The lowest BCUT2D eigenvalue weighted by Crippen LogP contribution is -2.57. The Hall–Kier alpha value is -1.91. The maximum absolute atomic E-state index is 11.7. The molecule has 2 aliphatic rings. The first-order chi connectivity index (χ1) is 14.1. The predicted octanol–water partition coefficient (Wildman–Crippen LogP) is -0.931. The van der Waals surface area contributed by atoms with Gasteiger partial charge in [0.05, 0.1) is 31.5 Å². The van der Waals surface area contributed by atoms with Gasteiger partial charge in [0.25, 0.3) is 0 Å². The molecule has 3 N–H and O–H groups in total. The van der Waals surface area contributed by atoms with E-state index in [1.165, 1.54) is 7.11 Å². The number of ether oxygens (including phenoxy) is 3. The van der Waals surface area contributed by atoms with Gasteiger partial charge in [-0.15, -0.1) is 0 Å². The van der Waals surface area contributed by atoms with E-state index in [2.05, 4.69) is 15.1 Å². The zero-order chi connectivity index (χ0) is 20.8. The van der Waals surface area contributed by atoms with Crippen molar-refractivity contribution in [2.45, 2.75) is 24.4 Å². The molecule has 0 aromatic heterocycles. The molecule has 0 aliphatic carbocycles. The quantitative estimate of drug-likeness (QED) is 0.506. The number of hydrogen-bond donors (Lipinski definition) is 3. The van der Waals surface area contributed by atoms with Crippen molar-refractivity contribution in [2.24, 2.45) is 0 Å². The molecule has 4 atom stereocenters. The van der Waals surface area contributed by atoms with Crippen molar-refractivity contribution in [1.29, 1.82) is 0 Å². The lowest BCUT2D eigenvalue weighted by molar-refractivity contribution is -0.125. The molecule has 0 spiro atoms. The molecule has 0 bridgehead atoms. The van der Waals surface area contributed by atoms with Gasteiger partial charge in [-0.05, 0) is 12.1 Å². The first kappa shape index (κ1) is 21.8. The number of aliphatic hydroxyl groups is 2. The number of hydrogen-bond acceptors (Lipinski definition) is 8. The van der Waals surface area contributed by atoms with Crippen molar-refractivity contribution in [3.63, 3.8) is 0 Å². The summed E-state index contributed by atoms with van der Waals surface area (Å²) in [5.74, 6) is 0.599. The molecule has 0 radical (unpaired) electrons. The smallest absolute Gasteiger partial charge is 0.246 e.